The highest BCUT2D eigenvalue weighted by atomic mass is 28.4. The Labute approximate surface area is 108 Å². The zero-order chi connectivity index (χ0) is 14.0. The van der Waals surface area contributed by atoms with Gasteiger partial charge in [0.05, 0.1) is 39.6 Å². The van der Waals surface area contributed by atoms with E-state index in [0.717, 1.165) is 0 Å². The van der Waals surface area contributed by atoms with Gasteiger partial charge in [0, 0.05) is 5.54 Å². The molecule has 1 atom stereocenters. The number of hydrogen-bond donors (Lipinski definition) is 4. The molecule has 0 radical (unpaired) electrons. The second kappa shape index (κ2) is 9.81. The van der Waals surface area contributed by atoms with Crippen LogP contribution >= 0.6 is 0 Å². The summed E-state index contributed by atoms with van der Waals surface area (Å²) in [5, 5.41) is 17.5. The molecule has 0 rings (SSSR count). The molecule has 0 saturated heterocycles. The van der Waals surface area contributed by atoms with Crippen molar-refractivity contribution in [2.24, 2.45) is 0 Å². The lowest BCUT2D eigenvalue weighted by atomic mass is 10.4. The molecule has 0 fully saturated rings. The second-order valence-corrected chi connectivity index (χ2v) is 6.90. The molecular formula is C10H24O7Si. The molecule has 0 heterocycles. The van der Waals surface area contributed by atoms with Gasteiger partial charge in [-0.1, -0.05) is 13.8 Å². The van der Waals surface area contributed by atoms with E-state index in [-0.39, 0.29) is 45.2 Å². The van der Waals surface area contributed by atoms with Crippen LogP contribution in [0, 0.1) is 0 Å². The van der Waals surface area contributed by atoms with Crippen LogP contribution in [-0.4, -0.2) is 74.4 Å². The normalized spacial score (nSPS) is 14.2. The molecule has 110 valence electrons. The van der Waals surface area contributed by atoms with Crippen molar-refractivity contribution in [1.29, 1.82) is 0 Å². The third kappa shape index (κ3) is 8.11. The summed E-state index contributed by atoms with van der Waals surface area (Å²) in [6, 6.07) is 0. The van der Waals surface area contributed by atoms with Crippen molar-refractivity contribution < 1.29 is 33.7 Å². The lowest BCUT2D eigenvalue weighted by Crippen LogP contribution is -2.43. The number of hydrogen-bond acceptors (Lipinski definition) is 7. The van der Waals surface area contributed by atoms with Crippen molar-refractivity contribution in [2.75, 3.05) is 39.6 Å². The van der Waals surface area contributed by atoms with E-state index >= 15 is 0 Å². The van der Waals surface area contributed by atoms with Crippen molar-refractivity contribution in [3.8, 4) is 0 Å². The van der Waals surface area contributed by atoms with E-state index in [4.69, 9.17) is 24.1 Å². The fourth-order valence-corrected chi connectivity index (χ4v) is 1.72. The van der Waals surface area contributed by atoms with Gasteiger partial charge in [0.15, 0.2) is 0 Å². The monoisotopic (exact) mass is 284 g/mol. The summed E-state index contributed by atoms with van der Waals surface area (Å²) in [5.74, 6) is 0. The van der Waals surface area contributed by atoms with Crippen LogP contribution in [0.4, 0.5) is 0 Å². The van der Waals surface area contributed by atoms with E-state index in [0.29, 0.717) is 0 Å². The van der Waals surface area contributed by atoms with Gasteiger partial charge >= 0.3 is 8.80 Å². The summed E-state index contributed by atoms with van der Waals surface area (Å²) < 4.78 is 15.2. The summed E-state index contributed by atoms with van der Waals surface area (Å²) in [6.07, 6.45) is -0.507. The molecule has 0 spiro atoms. The molecule has 0 aromatic heterocycles. The predicted octanol–water partition coefficient (Wildman–Crippen LogP) is -1.28. The Hall–Kier alpha value is -0.0631. The van der Waals surface area contributed by atoms with Gasteiger partial charge in [-0.25, -0.2) is 0 Å². The van der Waals surface area contributed by atoms with Gasteiger partial charge in [-0.3, -0.25) is 0 Å². The molecule has 0 aliphatic carbocycles. The number of aliphatic hydroxyl groups excluding tert-OH is 2. The van der Waals surface area contributed by atoms with Crippen molar-refractivity contribution in [2.45, 2.75) is 25.5 Å². The minimum absolute atomic E-state index is 0.0495. The minimum Gasteiger partial charge on any atom is -0.394 e. The Kier molecular flexibility index (Phi) is 9.78. The van der Waals surface area contributed by atoms with Crippen molar-refractivity contribution in [3.05, 3.63) is 0 Å². The molecule has 8 heteroatoms. The number of rotatable bonds is 11. The Morgan fingerprint density at radius 2 is 1.72 bits per heavy atom. The van der Waals surface area contributed by atoms with Gasteiger partial charge in [0.1, 0.15) is 6.10 Å². The first-order valence-corrected chi connectivity index (χ1v) is 7.81. The Morgan fingerprint density at radius 3 is 2.22 bits per heavy atom. The van der Waals surface area contributed by atoms with E-state index in [1.165, 1.54) is 0 Å². The van der Waals surface area contributed by atoms with Crippen LogP contribution in [0.15, 0.2) is 0 Å². The van der Waals surface area contributed by atoms with Crippen molar-refractivity contribution >= 4 is 8.80 Å². The number of ether oxygens (including phenoxy) is 2. The quantitative estimate of drug-likeness (QED) is 0.276. The SMILES string of the molecule is CC(C)[Si](O)(O)OCCOC(CO)COCCO. The topological polar surface area (TPSA) is 109 Å². The molecule has 0 amide bonds. The van der Waals surface area contributed by atoms with Crippen LogP contribution < -0.4 is 0 Å². The molecule has 0 aliphatic heterocycles. The van der Waals surface area contributed by atoms with E-state index in [9.17, 15) is 9.59 Å². The average Bonchev–Trinajstić information content (AvgIpc) is 2.32. The van der Waals surface area contributed by atoms with E-state index in [1.807, 2.05) is 0 Å². The summed E-state index contributed by atoms with van der Waals surface area (Å²) in [4.78, 5) is 19.0. The van der Waals surface area contributed by atoms with Gasteiger partial charge in [-0.2, -0.15) is 0 Å². The first kappa shape index (κ1) is 17.9. The standard InChI is InChI=1S/C10H24O7Si/c1-9(2)18(13,14)17-6-5-16-10(7-12)8-15-4-3-11/h9-14H,3-8H2,1-2H3. The van der Waals surface area contributed by atoms with Gasteiger partial charge in [-0.05, 0) is 0 Å². The molecule has 7 nitrogen and oxygen atoms in total. The molecule has 4 N–H and O–H groups in total. The second-order valence-electron chi connectivity index (χ2n) is 4.14. The zero-order valence-corrected chi connectivity index (χ0v) is 11.9. The highest BCUT2D eigenvalue weighted by Crippen LogP contribution is 2.15. The summed E-state index contributed by atoms with van der Waals surface area (Å²) in [6.45, 7) is 3.59. The fourth-order valence-electron chi connectivity index (χ4n) is 1.01. The molecule has 1 unspecified atom stereocenters. The van der Waals surface area contributed by atoms with Gasteiger partial charge < -0.3 is 33.7 Å². The molecule has 0 aromatic rings. The maximum absolute atomic E-state index is 9.50. The lowest BCUT2D eigenvalue weighted by Gasteiger charge is -2.22. The lowest BCUT2D eigenvalue weighted by molar-refractivity contribution is -0.0574. The van der Waals surface area contributed by atoms with Crippen molar-refractivity contribution in [1.82, 2.24) is 0 Å². The summed E-state index contributed by atoms with van der Waals surface area (Å²) in [5.41, 5.74) is -0.320. The summed E-state index contributed by atoms with van der Waals surface area (Å²) >= 11 is 0. The minimum atomic E-state index is -3.60. The third-order valence-electron chi connectivity index (χ3n) is 2.25. The highest BCUT2D eigenvalue weighted by Gasteiger charge is 2.36. The van der Waals surface area contributed by atoms with Gasteiger partial charge in [0.25, 0.3) is 0 Å². The molecular weight excluding hydrogens is 260 g/mol. The van der Waals surface area contributed by atoms with Crippen LogP contribution in [0.5, 0.6) is 0 Å². The van der Waals surface area contributed by atoms with Crippen LogP contribution in [-0.2, 0) is 13.9 Å². The van der Waals surface area contributed by atoms with Crippen molar-refractivity contribution in [3.63, 3.8) is 0 Å². The maximum Gasteiger partial charge on any atom is 0.498 e. The zero-order valence-electron chi connectivity index (χ0n) is 10.9. The van der Waals surface area contributed by atoms with Crippen LogP contribution in [0.1, 0.15) is 13.8 Å². The molecule has 0 saturated carbocycles. The molecule has 0 aliphatic rings. The van der Waals surface area contributed by atoms with E-state index < -0.39 is 14.9 Å². The Morgan fingerprint density at radius 1 is 1.06 bits per heavy atom. The third-order valence-corrected chi connectivity index (χ3v) is 4.38. The van der Waals surface area contributed by atoms with E-state index in [1.54, 1.807) is 13.8 Å². The van der Waals surface area contributed by atoms with E-state index in [2.05, 4.69) is 0 Å². The largest absolute Gasteiger partial charge is 0.498 e. The fraction of sp³-hybridized carbons (Fsp3) is 1.00. The van der Waals surface area contributed by atoms with Crippen LogP contribution in [0.3, 0.4) is 0 Å². The first-order valence-electron chi connectivity index (χ1n) is 5.93. The number of aliphatic hydroxyl groups is 2. The smallest absolute Gasteiger partial charge is 0.394 e. The first-order chi connectivity index (χ1) is 8.44. The Balaban J connectivity index is 3.68. The van der Waals surface area contributed by atoms with Crippen LogP contribution in [0.25, 0.3) is 0 Å². The highest BCUT2D eigenvalue weighted by molar-refractivity contribution is 6.59. The van der Waals surface area contributed by atoms with Crippen LogP contribution in [0.2, 0.25) is 5.54 Å². The van der Waals surface area contributed by atoms with Gasteiger partial charge in [0.2, 0.25) is 0 Å². The molecule has 0 aromatic carbocycles. The maximum atomic E-state index is 9.50. The molecule has 0 bridgehead atoms. The van der Waals surface area contributed by atoms with Gasteiger partial charge in [-0.15, -0.1) is 0 Å². The molecule has 18 heavy (non-hydrogen) atoms. The predicted molar refractivity (Wildman–Crippen MR) is 66.0 cm³/mol. The summed E-state index contributed by atoms with van der Waals surface area (Å²) in [7, 11) is -3.60. The Bertz CT molecular complexity index is 201. The average molecular weight is 284 g/mol.